The van der Waals surface area contributed by atoms with Crippen LogP contribution < -0.4 is 20.3 Å². The zero-order valence-corrected chi connectivity index (χ0v) is 17.9. The standard InChI is InChI=1S/C23H27N3O2S/c1-15-9-10-18-19(14-23(2,3)28-20(18)12-15)25-22(29)24-16-6-4-7-17(13-16)26-11-5-8-21(26)27/h4,6-7,9-10,12-13,19H,5,8,11,14H2,1-3H3,(H2,24,25,29)/t19-/m0/s1. The molecule has 1 amide bonds. The number of hydrogen-bond donors (Lipinski definition) is 2. The Bertz CT molecular complexity index is 957. The highest BCUT2D eigenvalue weighted by Crippen LogP contribution is 2.40. The van der Waals surface area contributed by atoms with Gasteiger partial charge < -0.3 is 20.3 Å². The Balaban J connectivity index is 1.48. The molecular formula is C23H27N3O2S. The number of hydrogen-bond acceptors (Lipinski definition) is 3. The molecule has 2 N–H and O–H groups in total. The Morgan fingerprint density at radius 2 is 2.07 bits per heavy atom. The van der Waals surface area contributed by atoms with Crippen molar-refractivity contribution in [3.05, 3.63) is 53.6 Å². The van der Waals surface area contributed by atoms with Gasteiger partial charge >= 0.3 is 0 Å². The lowest BCUT2D eigenvalue weighted by Crippen LogP contribution is -2.42. The minimum Gasteiger partial charge on any atom is -0.487 e. The Hall–Kier alpha value is -2.60. The van der Waals surface area contributed by atoms with Crippen LogP contribution in [0, 0.1) is 6.92 Å². The van der Waals surface area contributed by atoms with Crippen molar-refractivity contribution < 1.29 is 9.53 Å². The Morgan fingerprint density at radius 3 is 2.83 bits per heavy atom. The third kappa shape index (κ3) is 4.37. The van der Waals surface area contributed by atoms with Gasteiger partial charge in [0.05, 0.1) is 6.04 Å². The summed E-state index contributed by atoms with van der Waals surface area (Å²) in [6.07, 6.45) is 2.35. The number of rotatable bonds is 3. The monoisotopic (exact) mass is 409 g/mol. The van der Waals surface area contributed by atoms with E-state index in [-0.39, 0.29) is 17.6 Å². The molecule has 2 aliphatic heterocycles. The second kappa shape index (κ2) is 7.67. The average Bonchev–Trinajstić information content (AvgIpc) is 3.06. The fraction of sp³-hybridized carbons (Fsp3) is 0.391. The second-order valence-electron chi connectivity index (χ2n) is 8.46. The highest BCUT2D eigenvalue weighted by atomic mass is 32.1. The molecule has 0 spiro atoms. The molecule has 1 fully saturated rings. The summed E-state index contributed by atoms with van der Waals surface area (Å²) in [5.74, 6) is 1.09. The van der Waals surface area contributed by atoms with Crippen LogP contribution in [0.25, 0.3) is 0 Å². The molecule has 2 aliphatic rings. The maximum absolute atomic E-state index is 12.0. The molecule has 152 valence electrons. The lowest BCUT2D eigenvalue weighted by Gasteiger charge is -2.38. The largest absolute Gasteiger partial charge is 0.487 e. The molecule has 29 heavy (non-hydrogen) atoms. The average molecular weight is 410 g/mol. The molecule has 0 aliphatic carbocycles. The topological polar surface area (TPSA) is 53.6 Å². The van der Waals surface area contributed by atoms with E-state index in [1.54, 1.807) is 0 Å². The van der Waals surface area contributed by atoms with E-state index < -0.39 is 0 Å². The third-order valence-corrected chi connectivity index (χ3v) is 5.64. The van der Waals surface area contributed by atoms with Crippen molar-refractivity contribution in [3.63, 3.8) is 0 Å². The van der Waals surface area contributed by atoms with Gasteiger partial charge in [0.1, 0.15) is 11.4 Å². The predicted molar refractivity (Wildman–Crippen MR) is 121 cm³/mol. The number of nitrogens with one attached hydrogen (secondary N) is 2. The third-order valence-electron chi connectivity index (χ3n) is 5.42. The van der Waals surface area contributed by atoms with Crippen LogP contribution in [0.4, 0.5) is 11.4 Å². The lowest BCUT2D eigenvalue weighted by atomic mass is 9.89. The Kier molecular flexibility index (Phi) is 5.21. The number of amides is 1. The van der Waals surface area contributed by atoms with Crippen LogP contribution in [-0.4, -0.2) is 23.2 Å². The fourth-order valence-corrected chi connectivity index (χ4v) is 4.35. The van der Waals surface area contributed by atoms with Crippen LogP contribution in [0.15, 0.2) is 42.5 Å². The van der Waals surface area contributed by atoms with E-state index >= 15 is 0 Å². The molecule has 2 aromatic carbocycles. The molecule has 0 radical (unpaired) electrons. The summed E-state index contributed by atoms with van der Waals surface area (Å²) in [5, 5.41) is 7.29. The molecule has 5 nitrogen and oxygen atoms in total. The summed E-state index contributed by atoms with van der Waals surface area (Å²) in [4.78, 5) is 13.9. The van der Waals surface area contributed by atoms with Gasteiger partial charge in [-0.1, -0.05) is 18.2 Å². The minimum absolute atomic E-state index is 0.0673. The van der Waals surface area contributed by atoms with E-state index in [4.69, 9.17) is 17.0 Å². The van der Waals surface area contributed by atoms with Gasteiger partial charge in [0.25, 0.3) is 0 Å². The van der Waals surface area contributed by atoms with Crippen molar-refractivity contribution in [3.8, 4) is 5.75 Å². The second-order valence-corrected chi connectivity index (χ2v) is 8.87. The van der Waals surface area contributed by atoms with Crippen molar-refractivity contribution in [2.24, 2.45) is 0 Å². The van der Waals surface area contributed by atoms with Gasteiger partial charge in [-0.15, -0.1) is 0 Å². The van der Waals surface area contributed by atoms with Crippen molar-refractivity contribution >= 4 is 34.6 Å². The van der Waals surface area contributed by atoms with E-state index in [1.807, 2.05) is 29.2 Å². The van der Waals surface area contributed by atoms with Crippen molar-refractivity contribution in [1.82, 2.24) is 5.32 Å². The molecule has 0 saturated carbocycles. The van der Waals surface area contributed by atoms with E-state index in [9.17, 15) is 4.79 Å². The zero-order valence-electron chi connectivity index (χ0n) is 17.1. The van der Waals surface area contributed by atoms with Crippen LogP contribution >= 0.6 is 12.2 Å². The number of benzene rings is 2. The van der Waals surface area contributed by atoms with Crippen molar-refractivity contribution in [2.45, 2.75) is 51.7 Å². The molecule has 6 heteroatoms. The number of thiocarbonyl (C=S) groups is 1. The lowest BCUT2D eigenvalue weighted by molar-refractivity contribution is -0.117. The molecule has 2 heterocycles. The molecule has 0 bridgehead atoms. The number of nitrogens with zero attached hydrogens (tertiary/aromatic N) is 1. The Labute approximate surface area is 177 Å². The first-order valence-electron chi connectivity index (χ1n) is 10.1. The number of carbonyl (C=O) groups excluding carboxylic acids is 1. The van der Waals surface area contributed by atoms with Crippen LogP contribution in [0.2, 0.25) is 0 Å². The number of carbonyl (C=O) groups is 1. The fourth-order valence-electron chi connectivity index (χ4n) is 4.09. The number of anilines is 2. The summed E-state index contributed by atoms with van der Waals surface area (Å²) in [5.41, 5.74) is 3.80. The molecule has 1 atom stereocenters. The minimum atomic E-state index is -0.274. The molecule has 0 aromatic heterocycles. The first-order chi connectivity index (χ1) is 13.8. The van der Waals surface area contributed by atoms with E-state index in [1.165, 1.54) is 5.56 Å². The summed E-state index contributed by atoms with van der Waals surface area (Å²) in [7, 11) is 0. The van der Waals surface area contributed by atoms with E-state index in [0.29, 0.717) is 11.5 Å². The number of ether oxygens (including phenoxy) is 1. The first-order valence-corrected chi connectivity index (χ1v) is 10.5. The van der Waals surface area contributed by atoms with Gasteiger partial charge in [-0.2, -0.15) is 0 Å². The van der Waals surface area contributed by atoms with Crippen LogP contribution in [0.3, 0.4) is 0 Å². The van der Waals surface area contributed by atoms with Crippen molar-refractivity contribution in [1.29, 1.82) is 0 Å². The van der Waals surface area contributed by atoms with Gasteiger partial charge in [0, 0.05) is 36.3 Å². The zero-order chi connectivity index (χ0) is 20.6. The first kappa shape index (κ1) is 19.7. The normalized spacial score (nSPS) is 20.0. The van der Waals surface area contributed by atoms with E-state index in [2.05, 4.69) is 49.6 Å². The Morgan fingerprint density at radius 1 is 1.24 bits per heavy atom. The molecule has 1 saturated heterocycles. The van der Waals surface area contributed by atoms with Gasteiger partial charge in [0.2, 0.25) is 5.91 Å². The summed E-state index contributed by atoms with van der Waals surface area (Å²) < 4.78 is 6.17. The quantitative estimate of drug-likeness (QED) is 0.719. The molecule has 0 unspecified atom stereocenters. The van der Waals surface area contributed by atoms with Crippen LogP contribution in [0.5, 0.6) is 5.75 Å². The molecule has 4 rings (SSSR count). The van der Waals surface area contributed by atoms with Gasteiger partial charge in [-0.25, -0.2) is 0 Å². The summed E-state index contributed by atoms with van der Waals surface area (Å²) >= 11 is 5.60. The number of fused-ring (bicyclic) bond motifs is 1. The highest BCUT2D eigenvalue weighted by molar-refractivity contribution is 7.80. The SMILES string of the molecule is Cc1ccc2c(c1)OC(C)(C)C[C@@H]2NC(=S)Nc1cccc(N2CCCC2=O)c1. The van der Waals surface area contributed by atoms with Crippen LogP contribution in [0.1, 0.15) is 50.3 Å². The number of aryl methyl sites for hydroxylation is 1. The van der Waals surface area contributed by atoms with Crippen molar-refractivity contribution in [2.75, 3.05) is 16.8 Å². The smallest absolute Gasteiger partial charge is 0.227 e. The van der Waals surface area contributed by atoms with Crippen LogP contribution in [-0.2, 0) is 4.79 Å². The maximum atomic E-state index is 12.0. The molecular weight excluding hydrogens is 382 g/mol. The van der Waals surface area contributed by atoms with Gasteiger partial charge in [-0.3, -0.25) is 4.79 Å². The van der Waals surface area contributed by atoms with Gasteiger partial charge in [0.15, 0.2) is 5.11 Å². The van der Waals surface area contributed by atoms with Gasteiger partial charge in [-0.05, 0) is 69.2 Å². The summed E-state index contributed by atoms with van der Waals surface area (Å²) in [6.45, 7) is 7.04. The predicted octanol–water partition coefficient (Wildman–Crippen LogP) is 4.71. The highest BCUT2D eigenvalue weighted by Gasteiger charge is 2.34. The maximum Gasteiger partial charge on any atom is 0.227 e. The van der Waals surface area contributed by atoms with E-state index in [0.717, 1.165) is 42.1 Å². The molecule has 2 aromatic rings. The summed E-state index contributed by atoms with van der Waals surface area (Å²) in [6, 6.07) is 14.2.